The van der Waals surface area contributed by atoms with Crippen molar-refractivity contribution < 1.29 is 17.7 Å². The van der Waals surface area contributed by atoms with E-state index in [-0.39, 0.29) is 15.9 Å². The predicted octanol–water partition coefficient (Wildman–Crippen LogP) is 4.12. The number of halogens is 5. The minimum absolute atomic E-state index is 0.0250. The monoisotopic (exact) mass is 418 g/mol. The van der Waals surface area contributed by atoms with Crippen LogP contribution in [-0.2, 0) is 6.18 Å². The second kappa shape index (κ2) is 4.56. The summed E-state index contributed by atoms with van der Waals surface area (Å²) >= 11 is 4.67. The molecule has 3 nitrogen and oxygen atoms in total. The van der Waals surface area contributed by atoms with E-state index >= 15 is 0 Å². The van der Waals surface area contributed by atoms with E-state index in [1.54, 1.807) is 0 Å². The zero-order valence-corrected chi connectivity index (χ0v) is 11.7. The van der Waals surface area contributed by atoms with Gasteiger partial charge in [-0.3, -0.25) is 0 Å². The highest BCUT2D eigenvalue weighted by molar-refractivity contribution is 14.1. The number of hydrogen-bond acceptors (Lipinski definition) is 3. The van der Waals surface area contributed by atoms with Crippen LogP contribution in [-0.4, -0.2) is 10.1 Å². The predicted molar refractivity (Wildman–Crippen MR) is 65.2 cm³/mol. The summed E-state index contributed by atoms with van der Waals surface area (Å²) in [7, 11) is 0. The summed E-state index contributed by atoms with van der Waals surface area (Å²) < 4.78 is 43.1. The molecule has 90 valence electrons. The molecule has 1 aromatic carbocycles. The Labute approximate surface area is 116 Å². The summed E-state index contributed by atoms with van der Waals surface area (Å²) in [6.45, 7) is 0. The van der Waals surface area contributed by atoms with Gasteiger partial charge in [-0.25, -0.2) is 0 Å². The average molecular weight is 419 g/mol. The highest BCUT2D eigenvalue weighted by Gasteiger charge is 2.33. The lowest BCUT2D eigenvalue weighted by Crippen LogP contribution is -2.06. The standard InChI is InChI=1S/C9H3BrF3IN2O/c10-6-2-1-4(3-5(6)9(11,12)13)7-15-8(14)16-17-7/h1-3H. The largest absolute Gasteiger partial charge is 0.417 e. The van der Waals surface area contributed by atoms with E-state index in [2.05, 4.69) is 26.1 Å². The molecule has 0 aliphatic carbocycles. The molecule has 0 unspecified atom stereocenters. The maximum absolute atomic E-state index is 12.7. The zero-order valence-electron chi connectivity index (χ0n) is 7.92. The molecule has 2 rings (SSSR count). The maximum atomic E-state index is 12.7. The molecule has 0 saturated heterocycles. The Morgan fingerprint density at radius 3 is 2.53 bits per heavy atom. The molecule has 0 aliphatic heterocycles. The number of benzene rings is 1. The third kappa shape index (κ3) is 2.79. The van der Waals surface area contributed by atoms with Gasteiger partial charge in [0.2, 0.25) is 3.83 Å². The van der Waals surface area contributed by atoms with Crippen LogP contribution in [0.5, 0.6) is 0 Å². The number of hydrogen-bond donors (Lipinski definition) is 0. The van der Waals surface area contributed by atoms with Gasteiger partial charge in [0.25, 0.3) is 5.89 Å². The van der Waals surface area contributed by atoms with Gasteiger partial charge in [0, 0.05) is 32.6 Å². The topological polar surface area (TPSA) is 38.9 Å². The Morgan fingerprint density at radius 2 is 2.00 bits per heavy atom. The molecule has 0 bridgehead atoms. The van der Waals surface area contributed by atoms with E-state index in [0.29, 0.717) is 3.83 Å². The Kier molecular flexibility index (Phi) is 3.43. The van der Waals surface area contributed by atoms with Gasteiger partial charge in [-0.05, 0) is 18.2 Å². The van der Waals surface area contributed by atoms with Crippen LogP contribution in [0.3, 0.4) is 0 Å². The van der Waals surface area contributed by atoms with Crippen LogP contribution >= 0.6 is 38.5 Å². The summed E-state index contributed by atoms with van der Waals surface area (Å²) in [6.07, 6.45) is -4.43. The molecule has 17 heavy (non-hydrogen) atoms. The first-order valence-corrected chi connectivity index (χ1v) is 6.11. The third-order valence-electron chi connectivity index (χ3n) is 1.92. The summed E-state index contributed by atoms with van der Waals surface area (Å²) in [4.78, 5) is 3.86. The molecule has 0 N–H and O–H groups in total. The molecule has 0 atom stereocenters. The van der Waals surface area contributed by atoms with Crippen molar-refractivity contribution in [1.82, 2.24) is 10.1 Å². The lowest BCUT2D eigenvalue weighted by Gasteiger charge is -2.09. The van der Waals surface area contributed by atoms with Gasteiger partial charge in [-0.15, -0.1) is 0 Å². The molecule has 0 spiro atoms. The molecular weight excluding hydrogens is 416 g/mol. The average Bonchev–Trinajstić information content (AvgIpc) is 2.64. The van der Waals surface area contributed by atoms with Gasteiger partial charge in [0.15, 0.2) is 0 Å². The number of nitrogens with zero attached hydrogens (tertiary/aromatic N) is 2. The molecule has 8 heteroatoms. The molecule has 0 aliphatic rings. The Bertz CT molecular complexity index is 555. The second-order valence-electron chi connectivity index (χ2n) is 3.06. The molecule has 0 fully saturated rings. The van der Waals surface area contributed by atoms with Crippen LogP contribution in [0.15, 0.2) is 27.2 Å². The maximum Gasteiger partial charge on any atom is 0.417 e. The quantitative estimate of drug-likeness (QED) is 0.654. The summed E-state index contributed by atoms with van der Waals surface area (Å²) in [5, 5.41) is 3.51. The fourth-order valence-electron chi connectivity index (χ4n) is 1.20. The lowest BCUT2D eigenvalue weighted by molar-refractivity contribution is -0.138. The number of alkyl halides is 3. The van der Waals surface area contributed by atoms with Gasteiger partial charge >= 0.3 is 6.18 Å². The van der Waals surface area contributed by atoms with E-state index in [0.717, 1.165) is 6.07 Å². The SMILES string of the molecule is FC(F)(F)c1cc(-c2nc(I)no2)ccc1Br. The van der Waals surface area contributed by atoms with Crippen molar-refractivity contribution in [3.63, 3.8) is 0 Å². The number of rotatable bonds is 1. The summed E-state index contributed by atoms with van der Waals surface area (Å²) in [5.74, 6) is 0.0624. The van der Waals surface area contributed by atoms with E-state index < -0.39 is 11.7 Å². The lowest BCUT2D eigenvalue weighted by atomic mass is 10.1. The van der Waals surface area contributed by atoms with Crippen molar-refractivity contribution in [2.45, 2.75) is 6.18 Å². The molecule has 0 radical (unpaired) electrons. The van der Waals surface area contributed by atoms with Crippen LogP contribution in [0, 0.1) is 3.83 Å². The first-order valence-electron chi connectivity index (χ1n) is 4.24. The fourth-order valence-corrected chi connectivity index (χ4v) is 1.99. The van der Waals surface area contributed by atoms with Crippen LogP contribution in [0.25, 0.3) is 11.5 Å². The van der Waals surface area contributed by atoms with Crippen molar-refractivity contribution in [2.75, 3.05) is 0 Å². The molecule has 0 amide bonds. The van der Waals surface area contributed by atoms with E-state index in [1.807, 2.05) is 22.6 Å². The molecule has 1 heterocycles. The second-order valence-corrected chi connectivity index (χ2v) is 4.88. The highest BCUT2D eigenvalue weighted by Crippen LogP contribution is 2.37. The summed E-state index contributed by atoms with van der Waals surface area (Å²) in [5.41, 5.74) is -0.542. The van der Waals surface area contributed by atoms with Gasteiger partial charge < -0.3 is 4.52 Å². The van der Waals surface area contributed by atoms with Gasteiger partial charge in [-0.2, -0.15) is 18.2 Å². The fraction of sp³-hybridized carbons (Fsp3) is 0.111. The van der Waals surface area contributed by atoms with E-state index in [9.17, 15) is 13.2 Å². The van der Waals surface area contributed by atoms with Crippen LogP contribution in [0.4, 0.5) is 13.2 Å². The van der Waals surface area contributed by atoms with Crippen molar-refractivity contribution in [3.05, 3.63) is 32.1 Å². The molecule has 0 saturated carbocycles. The first kappa shape index (κ1) is 12.8. The third-order valence-corrected chi connectivity index (χ3v) is 3.05. The van der Waals surface area contributed by atoms with Gasteiger partial charge in [-0.1, -0.05) is 21.1 Å². The normalized spacial score (nSPS) is 11.8. The smallest absolute Gasteiger partial charge is 0.333 e. The molecule has 2 aromatic rings. The van der Waals surface area contributed by atoms with Crippen molar-refractivity contribution in [3.8, 4) is 11.5 Å². The van der Waals surface area contributed by atoms with Gasteiger partial charge in [0.05, 0.1) is 5.56 Å². The van der Waals surface area contributed by atoms with Crippen molar-refractivity contribution >= 4 is 38.5 Å². The van der Waals surface area contributed by atoms with Crippen molar-refractivity contribution in [2.24, 2.45) is 0 Å². The highest BCUT2D eigenvalue weighted by atomic mass is 127. The Balaban J connectivity index is 2.51. The van der Waals surface area contributed by atoms with E-state index in [1.165, 1.54) is 12.1 Å². The van der Waals surface area contributed by atoms with Crippen LogP contribution < -0.4 is 0 Å². The first-order chi connectivity index (χ1) is 7.88. The molecular formula is C9H3BrF3IN2O. The van der Waals surface area contributed by atoms with E-state index in [4.69, 9.17) is 4.52 Å². The minimum Gasteiger partial charge on any atom is -0.333 e. The zero-order chi connectivity index (χ0) is 12.6. The Hall–Kier alpha value is -0.640. The molecule has 1 aromatic heterocycles. The minimum atomic E-state index is -4.43. The van der Waals surface area contributed by atoms with Gasteiger partial charge in [0.1, 0.15) is 0 Å². The van der Waals surface area contributed by atoms with Crippen molar-refractivity contribution in [1.29, 1.82) is 0 Å². The number of aromatic nitrogens is 2. The summed E-state index contributed by atoms with van der Waals surface area (Å²) in [6, 6.07) is 3.74. The van der Waals surface area contributed by atoms with Crippen LogP contribution in [0.1, 0.15) is 5.56 Å². The van der Waals surface area contributed by atoms with Crippen LogP contribution in [0.2, 0.25) is 0 Å². The Morgan fingerprint density at radius 1 is 1.29 bits per heavy atom.